The smallest absolute Gasteiger partial charge is 0.0397 e. The molecule has 0 atom stereocenters. The molecule has 1 aliphatic rings. The summed E-state index contributed by atoms with van der Waals surface area (Å²) in [5.74, 6) is 0.909. The zero-order valence-corrected chi connectivity index (χ0v) is 11.2. The molecule has 0 spiro atoms. The van der Waals surface area contributed by atoms with Gasteiger partial charge in [-0.2, -0.15) is 0 Å². The molecule has 2 rings (SSSR count). The Kier molecular flexibility index (Phi) is 3.60. The van der Waals surface area contributed by atoms with E-state index < -0.39 is 0 Å². The van der Waals surface area contributed by atoms with E-state index in [0.717, 1.165) is 11.6 Å². The van der Waals surface area contributed by atoms with Gasteiger partial charge in [0.05, 0.1) is 0 Å². The van der Waals surface area contributed by atoms with Crippen LogP contribution in [0.15, 0.2) is 18.2 Å². The summed E-state index contributed by atoms with van der Waals surface area (Å²) in [6.45, 7) is 4.51. The van der Waals surface area contributed by atoms with Crippen LogP contribution < -0.4 is 10.6 Å². The monoisotopic (exact) mass is 232 g/mol. The maximum atomic E-state index is 5.81. The van der Waals surface area contributed by atoms with Gasteiger partial charge in [-0.3, -0.25) is 0 Å². The summed E-state index contributed by atoms with van der Waals surface area (Å²) in [4.78, 5) is 2.45. The fraction of sp³-hybridized carbons (Fsp3) is 0.600. The number of rotatable bonds is 2. The van der Waals surface area contributed by atoms with Crippen LogP contribution in [0.2, 0.25) is 0 Å². The van der Waals surface area contributed by atoms with Gasteiger partial charge in [0.1, 0.15) is 0 Å². The molecule has 0 saturated heterocycles. The Bertz CT molecular complexity index is 379. The third-order valence-corrected chi connectivity index (χ3v) is 4.13. The highest BCUT2D eigenvalue weighted by Gasteiger charge is 2.22. The molecule has 2 N–H and O–H groups in total. The van der Waals surface area contributed by atoms with Crippen LogP contribution in [0.5, 0.6) is 0 Å². The number of hydrogen-bond acceptors (Lipinski definition) is 2. The lowest BCUT2D eigenvalue weighted by Gasteiger charge is -2.36. The first-order chi connectivity index (χ1) is 8.08. The zero-order chi connectivity index (χ0) is 12.4. The molecule has 0 heterocycles. The molecular weight excluding hydrogens is 208 g/mol. The summed E-state index contributed by atoms with van der Waals surface area (Å²) < 4.78 is 0. The van der Waals surface area contributed by atoms with Crippen LogP contribution in [0.4, 0.5) is 11.4 Å². The van der Waals surface area contributed by atoms with E-state index >= 15 is 0 Å². The molecule has 0 aliphatic heterocycles. The van der Waals surface area contributed by atoms with Gasteiger partial charge in [-0.25, -0.2) is 0 Å². The van der Waals surface area contributed by atoms with Gasteiger partial charge in [-0.15, -0.1) is 0 Å². The molecule has 0 bridgehead atoms. The maximum Gasteiger partial charge on any atom is 0.0397 e. The Morgan fingerprint density at radius 2 is 1.82 bits per heavy atom. The van der Waals surface area contributed by atoms with Crippen LogP contribution in [0, 0.1) is 12.8 Å². The summed E-state index contributed by atoms with van der Waals surface area (Å²) in [6, 6.07) is 6.93. The molecule has 0 amide bonds. The Hall–Kier alpha value is -1.18. The van der Waals surface area contributed by atoms with Gasteiger partial charge >= 0.3 is 0 Å². The van der Waals surface area contributed by atoms with E-state index in [1.165, 1.54) is 36.9 Å². The predicted molar refractivity (Wildman–Crippen MR) is 75.4 cm³/mol. The van der Waals surface area contributed by atoms with Gasteiger partial charge in [-0.05, 0) is 62.3 Å². The molecule has 0 aromatic heterocycles. The van der Waals surface area contributed by atoms with E-state index in [2.05, 4.69) is 37.9 Å². The summed E-state index contributed by atoms with van der Waals surface area (Å²) in [5.41, 5.74) is 9.28. The molecule has 1 aromatic carbocycles. The Morgan fingerprint density at radius 3 is 2.41 bits per heavy atom. The molecular formula is C15H24N2. The molecule has 2 heteroatoms. The maximum absolute atomic E-state index is 5.81. The van der Waals surface area contributed by atoms with Crippen molar-refractivity contribution >= 4 is 11.4 Å². The number of benzene rings is 1. The molecule has 1 aliphatic carbocycles. The zero-order valence-electron chi connectivity index (χ0n) is 11.2. The van der Waals surface area contributed by atoms with Crippen molar-refractivity contribution in [2.75, 3.05) is 17.7 Å². The molecule has 2 nitrogen and oxygen atoms in total. The van der Waals surface area contributed by atoms with E-state index in [-0.39, 0.29) is 0 Å². The second-order valence-electron chi connectivity index (χ2n) is 5.57. The van der Waals surface area contributed by atoms with Crippen molar-refractivity contribution in [3.8, 4) is 0 Å². The average Bonchev–Trinajstić information content (AvgIpc) is 2.29. The molecule has 0 radical (unpaired) electrons. The standard InChI is InChI=1S/C15H24N2/c1-11-4-7-14(8-5-11)17(3)15-9-6-13(16)10-12(15)2/h6,9-11,14H,4-5,7-8,16H2,1-3H3. The Balaban J connectivity index is 2.11. The molecule has 0 unspecified atom stereocenters. The van der Waals surface area contributed by atoms with Gasteiger partial charge in [0, 0.05) is 24.5 Å². The van der Waals surface area contributed by atoms with E-state index in [1.807, 2.05) is 6.07 Å². The summed E-state index contributed by atoms with van der Waals surface area (Å²) >= 11 is 0. The average molecular weight is 232 g/mol. The fourth-order valence-corrected chi connectivity index (χ4v) is 2.90. The number of nitrogen functional groups attached to an aromatic ring is 1. The van der Waals surface area contributed by atoms with Crippen LogP contribution in [0.1, 0.15) is 38.2 Å². The lowest BCUT2D eigenvalue weighted by Crippen LogP contribution is -2.35. The minimum Gasteiger partial charge on any atom is -0.399 e. The predicted octanol–water partition coefficient (Wildman–Crippen LogP) is 3.59. The molecule has 1 fully saturated rings. The largest absolute Gasteiger partial charge is 0.399 e. The quantitative estimate of drug-likeness (QED) is 0.790. The molecule has 1 saturated carbocycles. The lowest BCUT2D eigenvalue weighted by molar-refractivity contribution is 0.340. The molecule has 17 heavy (non-hydrogen) atoms. The van der Waals surface area contributed by atoms with Crippen molar-refractivity contribution in [2.45, 2.75) is 45.6 Å². The summed E-state index contributed by atoms with van der Waals surface area (Å²) in [7, 11) is 2.22. The lowest BCUT2D eigenvalue weighted by atomic mass is 9.86. The second-order valence-corrected chi connectivity index (χ2v) is 5.57. The summed E-state index contributed by atoms with van der Waals surface area (Å²) in [6.07, 6.45) is 5.37. The van der Waals surface area contributed by atoms with Crippen molar-refractivity contribution in [3.63, 3.8) is 0 Å². The van der Waals surface area contributed by atoms with Gasteiger partial charge in [-0.1, -0.05) is 6.92 Å². The van der Waals surface area contributed by atoms with Crippen molar-refractivity contribution in [1.82, 2.24) is 0 Å². The molecule has 94 valence electrons. The van der Waals surface area contributed by atoms with Gasteiger partial charge in [0.25, 0.3) is 0 Å². The highest BCUT2D eigenvalue weighted by atomic mass is 15.1. The van der Waals surface area contributed by atoms with Gasteiger partial charge in [0.2, 0.25) is 0 Å². The van der Waals surface area contributed by atoms with Gasteiger partial charge < -0.3 is 10.6 Å². The normalized spacial score (nSPS) is 24.6. The third-order valence-electron chi connectivity index (χ3n) is 4.13. The Labute approximate surface area is 105 Å². The van der Waals surface area contributed by atoms with E-state index in [0.29, 0.717) is 6.04 Å². The number of nitrogens with two attached hydrogens (primary N) is 1. The van der Waals surface area contributed by atoms with Gasteiger partial charge in [0.15, 0.2) is 0 Å². The van der Waals surface area contributed by atoms with Crippen molar-refractivity contribution < 1.29 is 0 Å². The van der Waals surface area contributed by atoms with Crippen molar-refractivity contribution in [3.05, 3.63) is 23.8 Å². The van der Waals surface area contributed by atoms with E-state index in [1.54, 1.807) is 0 Å². The minimum atomic E-state index is 0.702. The number of nitrogens with zero attached hydrogens (tertiary/aromatic N) is 1. The number of aryl methyl sites for hydroxylation is 1. The van der Waals surface area contributed by atoms with Crippen molar-refractivity contribution in [1.29, 1.82) is 0 Å². The SMILES string of the molecule is Cc1cc(N)ccc1N(C)C1CCC(C)CC1. The van der Waals surface area contributed by atoms with Crippen LogP contribution in [0.25, 0.3) is 0 Å². The van der Waals surface area contributed by atoms with Crippen LogP contribution >= 0.6 is 0 Å². The van der Waals surface area contributed by atoms with Crippen molar-refractivity contribution in [2.24, 2.45) is 5.92 Å². The fourth-order valence-electron chi connectivity index (χ4n) is 2.90. The topological polar surface area (TPSA) is 29.3 Å². The van der Waals surface area contributed by atoms with E-state index in [9.17, 15) is 0 Å². The first-order valence-electron chi connectivity index (χ1n) is 6.67. The Morgan fingerprint density at radius 1 is 1.18 bits per heavy atom. The number of anilines is 2. The highest BCUT2D eigenvalue weighted by molar-refractivity contribution is 5.59. The van der Waals surface area contributed by atoms with E-state index in [4.69, 9.17) is 5.73 Å². The third kappa shape index (κ3) is 2.74. The minimum absolute atomic E-state index is 0.702. The highest BCUT2D eigenvalue weighted by Crippen LogP contribution is 2.31. The number of hydrogen-bond donors (Lipinski definition) is 1. The molecule has 1 aromatic rings. The second kappa shape index (κ2) is 4.99. The summed E-state index contributed by atoms with van der Waals surface area (Å²) in [5, 5.41) is 0. The van der Waals surface area contributed by atoms with Crippen LogP contribution in [0.3, 0.4) is 0 Å². The first-order valence-corrected chi connectivity index (χ1v) is 6.67. The van der Waals surface area contributed by atoms with Crippen LogP contribution in [-0.4, -0.2) is 13.1 Å². The van der Waals surface area contributed by atoms with Crippen LogP contribution in [-0.2, 0) is 0 Å². The first kappa shape index (κ1) is 12.3.